The number of hydrogen-bond donors (Lipinski definition) is 2. The molecular weight excluding hydrogens is 311 g/mol. The first-order chi connectivity index (χ1) is 10.8. The fourth-order valence-corrected chi connectivity index (χ4v) is 3.39. The number of carbonyl (C=O) groups excluding carboxylic acids is 1. The number of piperidine rings is 2. The number of carbonyl (C=O) groups is 1. The predicted octanol–water partition coefficient (Wildman–Crippen LogP) is 1.96. The Morgan fingerprint density at radius 2 is 1.91 bits per heavy atom. The fourth-order valence-electron chi connectivity index (χ4n) is 3.39. The number of nitrogens with one attached hydrogen (secondary N) is 1. The van der Waals surface area contributed by atoms with Gasteiger partial charge in [0.15, 0.2) is 5.60 Å². The van der Waals surface area contributed by atoms with Crippen molar-refractivity contribution in [2.24, 2.45) is 0 Å². The van der Waals surface area contributed by atoms with Crippen LogP contribution in [-0.2, 0) is 0 Å². The summed E-state index contributed by atoms with van der Waals surface area (Å²) in [6.45, 7) is 4.41. The minimum atomic E-state index is -4.64. The van der Waals surface area contributed by atoms with Crippen molar-refractivity contribution in [1.82, 2.24) is 15.1 Å². The summed E-state index contributed by atoms with van der Waals surface area (Å²) < 4.78 is 38.3. The normalized spacial score (nSPS) is 26.1. The second-order valence-electron chi connectivity index (χ2n) is 6.48. The van der Waals surface area contributed by atoms with E-state index in [1.165, 1.54) is 11.3 Å². The summed E-state index contributed by atoms with van der Waals surface area (Å²) in [4.78, 5) is 15.8. The first kappa shape index (κ1) is 18.3. The van der Waals surface area contributed by atoms with Crippen LogP contribution >= 0.6 is 0 Å². The van der Waals surface area contributed by atoms with Crippen LogP contribution in [0.4, 0.5) is 18.0 Å². The first-order valence-electron chi connectivity index (χ1n) is 8.33. The highest BCUT2D eigenvalue weighted by molar-refractivity contribution is 5.74. The zero-order valence-electron chi connectivity index (χ0n) is 13.5. The molecule has 1 atom stereocenters. The lowest BCUT2D eigenvalue weighted by molar-refractivity contribution is -0.271. The van der Waals surface area contributed by atoms with E-state index in [9.17, 15) is 23.1 Å². The minimum absolute atomic E-state index is 0.0794. The van der Waals surface area contributed by atoms with Gasteiger partial charge in [-0.25, -0.2) is 4.79 Å². The van der Waals surface area contributed by atoms with Crippen LogP contribution in [0.25, 0.3) is 0 Å². The lowest BCUT2D eigenvalue weighted by atomic mass is 9.91. The van der Waals surface area contributed by atoms with Crippen molar-refractivity contribution in [3.05, 3.63) is 0 Å². The van der Waals surface area contributed by atoms with Crippen molar-refractivity contribution in [1.29, 1.82) is 0 Å². The summed E-state index contributed by atoms with van der Waals surface area (Å²) in [6, 6.07) is -0.0366. The lowest BCUT2D eigenvalue weighted by Crippen LogP contribution is -2.56. The predicted molar refractivity (Wildman–Crippen MR) is 80.1 cm³/mol. The summed E-state index contributed by atoms with van der Waals surface area (Å²) in [7, 11) is 0. The molecule has 0 aromatic carbocycles. The summed E-state index contributed by atoms with van der Waals surface area (Å²) in [6.07, 6.45) is -2.23. The van der Waals surface area contributed by atoms with Crippen molar-refractivity contribution < 1.29 is 23.1 Å². The van der Waals surface area contributed by atoms with Gasteiger partial charge >= 0.3 is 12.2 Å². The van der Waals surface area contributed by atoms with Crippen LogP contribution in [0.3, 0.4) is 0 Å². The largest absolute Gasteiger partial charge is 0.417 e. The van der Waals surface area contributed by atoms with E-state index >= 15 is 0 Å². The number of rotatable bonds is 3. The first-order valence-corrected chi connectivity index (χ1v) is 8.33. The van der Waals surface area contributed by atoms with Gasteiger partial charge in [-0.3, -0.25) is 4.90 Å². The smallest absolute Gasteiger partial charge is 0.380 e. The van der Waals surface area contributed by atoms with E-state index in [4.69, 9.17) is 0 Å². The van der Waals surface area contributed by atoms with E-state index in [0.29, 0.717) is 12.6 Å². The number of likely N-dealkylation sites (tertiary alicyclic amines) is 2. The zero-order chi connectivity index (χ0) is 17.1. The van der Waals surface area contributed by atoms with Gasteiger partial charge in [0.1, 0.15) is 0 Å². The van der Waals surface area contributed by atoms with Gasteiger partial charge < -0.3 is 15.3 Å². The second kappa shape index (κ2) is 7.25. The molecule has 0 aliphatic carbocycles. The van der Waals surface area contributed by atoms with Crippen molar-refractivity contribution in [2.75, 3.05) is 32.7 Å². The number of likely N-dealkylation sites (N-methyl/N-ethyl adjacent to an activating group) is 1. The Labute approximate surface area is 134 Å². The van der Waals surface area contributed by atoms with Crippen LogP contribution < -0.4 is 5.32 Å². The number of nitrogens with zero attached hydrogens (tertiary/aromatic N) is 2. The summed E-state index contributed by atoms with van der Waals surface area (Å²) in [5.41, 5.74) is -2.66. The molecule has 2 rings (SSSR count). The standard InChI is InChI=1S/C15H26F3N3O2/c1-2-20-8-4-3-5-12(20)11-19-13(22)21-9-6-14(23,7-10-21)15(16,17)18/h12,23H,2-11H2,1H3,(H,19,22). The zero-order valence-corrected chi connectivity index (χ0v) is 13.5. The Kier molecular flexibility index (Phi) is 5.78. The molecule has 0 bridgehead atoms. The molecule has 8 heteroatoms. The van der Waals surface area contributed by atoms with Crippen LogP contribution in [0.5, 0.6) is 0 Å². The van der Waals surface area contributed by atoms with Crippen molar-refractivity contribution >= 4 is 6.03 Å². The van der Waals surface area contributed by atoms with Crippen LogP contribution in [-0.4, -0.2) is 71.5 Å². The molecule has 134 valence electrons. The minimum Gasteiger partial charge on any atom is -0.380 e. The van der Waals surface area contributed by atoms with Crippen molar-refractivity contribution in [3.63, 3.8) is 0 Å². The van der Waals surface area contributed by atoms with E-state index in [2.05, 4.69) is 17.1 Å². The quantitative estimate of drug-likeness (QED) is 0.828. The SMILES string of the molecule is CCN1CCCCC1CNC(=O)N1CCC(O)(C(F)(F)F)CC1. The molecular formula is C15H26F3N3O2. The van der Waals surface area contributed by atoms with Crippen LogP contribution in [0.15, 0.2) is 0 Å². The second-order valence-corrected chi connectivity index (χ2v) is 6.48. The third-order valence-corrected chi connectivity index (χ3v) is 5.05. The molecule has 2 amide bonds. The average Bonchev–Trinajstić information content (AvgIpc) is 2.52. The van der Waals surface area contributed by atoms with Gasteiger partial charge in [0.2, 0.25) is 0 Å². The fraction of sp³-hybridized carbons (Fsp3) is 0.933. The molecule has 23 heavy (non-hydrogen) atoms. The number of amides is 2. The Morgan fingerprint density at radius 3 is 2.48 bits per heavy atom. The van der Waals surface area contributed by atoms with Crippen LogP contribution in [0.2, 0.25) is 0 Å². The Hall–Kier alpha value is -1.02. The Bertz CT molecular complexity index is 409. The monoisotopic (exact) mass is 337 g/mol. The van der Waals surface area contributed by atoms with Crippen LogP contribution in [0.1, 0.15) is 39.0 Å². The highest BCUT2D eigenvalue weighted by Gasteiger charge is 2.54. The maximum absolute atomic E-state index is 12.8. The average molecular weight is 337 g/mol. The maximum Gasteiger partial charge on any atom is 0.417 e. The van der Waals surface area contributed by atoms with Gasteiger partial charge in [-0.05, 0) is 25.9 Å². The molecule has 2 aliphatic rings. The van der Waals surface area contributed by atoms with E-state index in [-0.39, 0.29) is 19.1 Å². The number of hydrogen-bond acceptors (Lipinski definition) is 3. The number of halogens is 3. The van der Waals surface area contributed by atoms with Gasteiger partial charge in [-0.2, -0.15) is 13.2 Å². The van der Waals surface area contributed by atoms with E-state index in [0.717, 1.165) is 25.9 Å². The van der Waals surface area contributed by atoms with E-state index in [1.807, 2.05) is 0 Å². The molecule has 5 nitrogen and oxygen atoms in total. The third-order valence-electron chi connectivity index (χ3n) is 5.05. The van der Waals surface area contributed by atoms with Gasteiger partial charge in [0, 0.05) is 38.5 Å². The highest BCUT2D eigenvalue weighted by atomic mass is 19.4. The molecule has 2 heterocycles. The summed E-state index contributed by atoms with van der Waals surface area (Å²) in [5.74, 6) is 0. The molecule has 2 N–H and O–H groups in total. The van der Waals surface area contributed by atoms with Crippen LogP contribution in [0, 0.1) is 0 Å². The Balaban J connectivity index is 1.79. The molecule has 2 fully saturated rings. The van der Waals surface area contributed by atoms with Crippen molar-refractivity contribution in [2.45, 2.75) is 56.8 Å². The number of urea groups is 1. The molecule has 1 unspecified atom stereocenters. The molecule has 0 radical (unpaired) electrons. The third kappa shape index (κ3) is 4.29. The number of aliphatic hydroxyl groups is 1. The van der Waals surface area contributed by atoms with E-state index in [1.54, 1.807) is 0 Å². The lowest BCUT2D eigenvalue weighted by Gasteiger charge is -2.39. The molecule has 0 aromatic heterocycles. The number of alkyl halides is 3. The maximum atomic E-state index is 12.8. The summed E-state index contributed by atoms with van der Waals surface area (Å²) >= 11 is 0. The molecule has 0 aromatic rings. The van der Waals surface area contributed by atoms with Gasteiger partial charge in [-0.1, -0.05) is 13.3 Å². The highest BCUT2D eigenvalue weighted by Crippen LogP contribution is 2.38. The molecule has 2 aliphatic heterocycles. The summed E-state index contributed by atoms with van der Waals surface area (Å²) in [5, 5.41) is 12.5. The van der Waals surface area contributed by atoms with Gasteiger partial charge in [-0.15, -0.1) is 0 Å². The molecule has 0 spiro atoms. The topological polar surface area (TPSA) is 55.8 Å². The van der Waals surface area contributed by atoms with Gasteiger partial charge in [0.25, 0.3) is 0 Å². The molecule has 2 saturated heterocycles. The van der Waals surface area contributed by atoms with Gasteiger partial charge in [0.05, 0.1) is 0 Å². The van der Waals surface area contributed by atoms with E-state index < -0.39 is 24.6 Å². The van der Waals surface area contributed by atoms with Crippen molar-refractivity contribution in [3.8, 4) is 0 Å². The molecule has 0 saturated carbocycles. The Morgan fingerprint density at radius 1 is 1.26 bits per heavy atom.